The van der Waals surface area contributed by atoms with Crippen LogP contribution in [-0.2, 0) is 19.1 Å². The van der Waals surface area contributed by atoms with Crippen LogP contribution in [0.2, 0.25) is 0 Å². The van der Waals surface area contributed by atoms with Gasteiger partial charge in [-0.1, -0.05) is 13.2 Å². The molecule has 0 saturated carbocycles. The highest BCUT2D eigenvalue weighted by atomic mass is 35.5. The molecule has 6 heteroatoms. The molecule has 0 aliphatic heterocycles. The fraction of sp³-hybridized carbons (Fsp3) is 0.538. The maximum atomic E-state index is 10.4. The summed E-state index contributed by atoms with van der Waals surface area (Å²) in [5.41, 5.74) is 0.451. The zero-order valence-electron chi connectivity index (χ0n) is 12.7. The van der Waals surface area contributed by atoms with Gasteiger partial charge in [0, 0.05) is 11.6 Å². The first kappa shape index (κ1) is 26.3. The average molecular weight is 296 g/mol. The van der Waals surface area contributed by atoms with Crippen LogP contribution in [0, 0.1) is 0 Å². The number of carbonyl (C=O) groups excluding carboxylic acids is 2. The lowest BCUT2D eigenvalue weighted by atomic mass is 10.4. The highest BCUT2D eigenvalue weighted by Crippen LogP contribution is 1.89. The summed E-state index contributed by atoms with van der Waals surface area (Å²) in [5, 5.41) is 0. The molecule has 0 amide bonds. The minimum Gasteiger partial charge on any atom is -0.466 e. The zero-order valence-corrected chi connectivity index (χ0v) is 13.5. The SMILES string of the molecule is C=C(C)C(=O)OCC.C=CC(=O)OC.CN(C)C.Cl. The second-order valence-corrected chi connectivity index (χ2v) is 3.57. The quantitative estimate of drug-likeness (QED) is 0.589. The summed E-state index contributed by atoms with van der Waals surface area (Å²) in [6.45, 7) is 10.4. The van der Waals surface area contributed by atoms with E-state index in [4.69, 9.17) is 0 Å². The summed E-state index contributed by atoms with van der Waals surface area (Å²) in [6, 6.07) is 0. The molecule has 5 nitrogen and oxygen atoms in total. The van der Waals surface area contributed by atoms with Gasteiger partial charge < -0.3 is 14.4 Å². The van der Waals surface area contributed by atoms with Gasteiger partial charge in [0.2, 0.25) is 0 Å². The Morgan fingerprint density at radius 3 is 1.68 bits per heavy atom. The lowest BCUT2D eigenvalue weighted by Gasteiger charge is -1.96. The third kappa shape index (κ3) is 38.4. The summed E-state index contributed by atoms with van der Waals surface area (Å²) < 4.78 is 8.71. The Morgan fingerprint density at radius 1 is 1.26 bits per heavy atom. The van der Waals surface area contributed by atoms with E-state index in [2.05, 4.69) is 22.6 Å². The Balaban J connectivity index is -0.0000000916. The molecular formula is C13H26ClNO4. The zero-order chi connectivity index (χ0) is 15.1. The van der Waals surface area contributed by atoms with Crippen molar-refractivity contribution < 1.29 is 19.1 Å². The highest BCUT2D eigenvalue weighted by Gasteiger charge is 1.98. The van der Waals surface area contributed by atoms with Crippen LogP contribution in [-0.4, -0.2) is 51.7 Å². The third-order valence-corrected chi connectivity index (χ3v) is 0.992. The molecule has 0 aromatic heterocycles. The first-order valence-corrected chi connectivity index (χ1v) is 5.36. The van der Waals surface area contributed by atoms with Crippen molar-refractivity contribution in [1.82, 2.24) is 4.90 Å². The summed E-state index contributed by atoms with van der Waals surface area (Å²) >= 11 is 0. The molecule has 0 fully saturated rings. The molecule has 0 unspecified atom stereocenters. The Hall–Kier alpha value is -1.33. The molecule has 19 heavy (non-hydrogen) atoms. The maximum Gasteiger partial charge on any atom is 0.333 e. The molecule has 0 rings (SSSR count). The lowest BCUT2D eigenvalue weighted by Crippen LogP contribution is -2.03. The standard InChI is InChI=1S/C6H10O2.C4H6O2.C3H9N.ClH/c1-4-8-6(7)5(2)3;1-3-4(5)6-2;1-4(2)3;/h2,4H2,1,3H3;3H,1H2,2H3;1-3H3;1H. The van der Waals surface area contributed by atoms with Crippen molar-refractivity contribution in [3.8, 4) is 0 Å². The van der Waals surface area contributed by atoms with Crippen molar-refractivity contribution in [3.63, 3.8) is 0 Å². The van der Waals surface area contributed by atoms with E-state index >= 15 is 0 Å². The molecule has 0 N–H and O–H groups in total. The van der Waals surface area contributed by atoms with Gasteiger partial charge in [-0.3, -0.25) is 0 Å². The largest absolute Gasteiger partial charge is 0.466 e. The summed E-state index contributed by atoms with van der Waals surface area (Å²) in [5.74, 6) is -0.706. The third-order valence-electron chi connectivity index (χ3n) is 0.992. The Morgan fingerprint density at radius 2 is 1.63 bits per heavy atom. The lowest BCUT2D eigenvalue weighted by molar-refractivity contribution is -0.138. The van der Waals surface area contributed by atoms with Crippen molar-refractivity contribution in [2.24, 2.45) is 0 Å². The number of carbonyl (C=O) groups is 2. The van der Waals surface area contributed by atoms with Crippen LogP contribution in [0.5, 0.6) is 0 Å². The fourth-order valence-corrected chi connectivity index (χ4v) is 0.338. The fourth-order valence-electron chi connectivity index (χ4n) is 0.338. The molecule has 0 saturated heterocycles. The van der Waals surface area contributed by atoms with Crippen molar-refractivity contribution in [2.45, 2.75) is 13.8 Å². The summed E-state index contributed by atoms with van der Waals surface area (Å²) in [7, 11) is 7.31. The predicted octanol–water partition coefficient (Wildman–Crippen LogP) is 2.07. The number of methoxy groups -OCH3 is 1. The Labute approximate surface area is 122 Å². The monoisotopic (exact) mass is 295 g/mol. The minimum absolute atomic E-state index is 0. The Bertz CT molecular complexity index is 263. The van der Waals surface area contributed by atoms with Gasteiger partial charge >= 0.3 is 11.9 Å². The highest BCUT2D eigenvalue weighted by molar-refractivity contribution is 5.86. The predicted molar refractivity (Wildman–Crippen MR) is 80.5 cm³/mol. The van der Waals surface area contributed by atoms with E-state index in [0.717, 1.165) is 6.08 Å². The van der Waals surface area contributed by atoms with Crippen molar-refractivity contribution in [3.05, 3.63) is 24.8 Å². The molecule has 0 spiro atoms. The van der Waals surface area contributed by atoms with Crippen LogP contribution in [0.4, 0.5) is 0 Å². The second kappa shape index (κ2) is 19.0. The molecule has 0 aromatic carbocycles. The van der Waals surface area contributed by atoms with Crippen LogP contribution in [0.3, 0.4) is 0 Å². The van der Waals surface area contributed by atoms with Crippen LogP contribution < -0.4 is 0 Å². The van der Waals surface area contributed by atoms with Crippen LogP contribution >= 0.6 is 12.4 Å². The van der Waals surface area contributed by atoms with E-state index in [0.29, 0.717) is 12.2 Å². The van der Waals surface area contributed by atoms with E-state index < -0.39 is 5.97 Å². The van der Waals surface area contributed by atoms with Gasteiger partial charge in [-0.2, -0.15) is 0 Å². The topological polar surface area (TPSA) is 55.8 Å². The molecule has 0 heterocycles. The van der Waals surface area contributed by atoms with Crippen LogP contribution in [0.1, 0.15) is 13.8 Å². The molecule has 0 aliphatic carbocycles. The first-order valence-electron chi connectivity index (χ1n) is 5.36. The smallest absolute Gasteiger partial charge is 0.333 e. The summed E-state index contributed by atoms with van der Waals surface area (Å²) in [6.07, 6.45) is 1.11. The van der Waals surface area contributed by atoms with E-state index in [9.17, 15) is 9.59 Å². The number of rotatable bonds is 3. The van der Waals surface area contributed by atoms with Gasteiger partial charge in [0.05, 0.1) is 13.7 Å². The normalized spacial score (nSPS) is 7.53. The van der Waals surface area contributed by atoms with Gasteiger partial charge in [0.25, 0.3) is 0 Å². The minimum atomic E-state index is -0.394. The molecule has 0 radical (unpaired) electrons. The molecule has 0 bridgehead atoms. The van der Waals surface area contributed by atoms with Crippen LogP contribution in [0.25, 0.3) is 0 Å². The second-order valence-electron chi connectivity index (χ2n) is 3.57. The van der Waals surface area contributed by atoms with Crippen molar-refractivity contribution in [1.29, 1.82) is 0 Å². The Kier molecular flexibility index (Phi) is 26.3. The van der Waals surface area contributed by atoms with E-state index in [1.165, 1.54) is 7.11 Å². The van der Waals surface area contributed by atoms with Gasteiger partial charge in [-0.05, 0) is 35.0 Å². The van der Waals surface area contributed by atoms with Gasteiger partial charge in [-0.25, -0.2) is 9.59 Å². The van der Waals surface area contributed by atoms with E-state index in [1.54, 1.807) is 13.8 Å². The number of hydrogen-bond acceptors (Lipinski definition) is 5. The molecule has 0 aliphatic rings. The molecule has 0 atom stereocenters. The van der Waals surface area contributed by atoms with Crippen molar-refractivity contribution in [2.75, 3.05) is 34.9 Å². The van der Waals surface area contributed by atoms with E-state index in [1.807, 2.05) is 26.0 Å². The maximum absolute atomic E-state index is 10.4. The number of nitrogens with zero attached hydrogens (tertiary/aromatic N) is 1. The number of esters is 2. The first-order chi connectivity index (χ1) is 8.22. The number of halogens is 1. The van der Waals surface area contributed by atoms with Crippen LogP contribution in [0.15, 0.2) is 24.8 Å². The average Bonchev–Trinajstić information content (AvgIpc) is 2.28. The number of ether oxygens (including phenoxy) is 2. The van der Waals surface area contributed by atoms with Gasteiger partial charge in [0.15, 0.2) is 0 Å². The molecule has 0 aromatic rings. The van der Waals surface area contributed by atoms with Gasteiger partial charge in [-0.15, -0.1) is 12.4 Å². The van der Waals surface area contributed by atoms with Gasteiger partial charge in [0.1, 0.15) is 0 Å². The molecule has 114 valence electrons. The molecular weight excluding hydrogens is 270 g/mol. The summed E-state index contributed by atoms with van der Waals surface area (Å²) in [4.78, 5) is 22.3. The number of hydrogen-bond donors (Lipinski definition) is 0. The van der Waals surface area contributed by atoms with Crippen molar-refractivity contribution >= 4 is 24.3 Å². The van der Waals surface area contributed by atoms with E-state index in [-0.39, 0.29) is 18.4 Å².